The summed E-state index contributed by atoms with van der Waals surface area (Å²) in [5.74, 6) is 0.988. The minimum absolute atomic E-state index is 0.222. The van der Waals surface area contributed by atoms with Gasteiger partial charge < -0.3 is 14.2 Å². The number of carbonyl (C=O) groups is 1. The predicted octanol–water partition coefficient (Wildman–Crippen LogP) is 6.53. The van der Waals surface area contributed by atoms with Gasteiger partial charge in [-0.1, -0.05) is 52.3 Å². The molecule has 0 atom stereocenters. The summed E-state index contributed by atoms with van der Waals surface area (Å²) < 4.78 is 18.9. The molecular weight excluding hydrogens is 538 g/mol. The number of cyclic esters (lactones) is 1. The molecule has 0 saturated carbocycles. The van der Waals surface area contributed by atoms with Crippen LogP contribution in [-0.4, -0.2) is 18.5 Å². The number of rotatable bonds is 7. The molecule has 0 amide bonds. The largest absolute Gasteiger partial charge is 0.490 e. The van der Waals surface area contributed by atoms with Crippen molar-refractivity contribution in [3.05, 3.63) is 98.1 Å². The SMILES string of the molecule is CCOc1cc(C=C2N=C(c3ccccc3Br)OC2=O)ccc1OCc1ccccc1Br. The maximum Gasteiger partial charge on any atom is 0.363 e. The first-order chi connectivity index (χ1) is 15.5. The Morgan fingerprint density at radius 1 is 0.938 bits per heavy atom. The van der Waals surface area contributed by atoms with E-state index in [4.69, 9.17) is 14.2 Å². The van der Waals surface area contributed by atoms with E-state index < -0.39 is 5.97 Å². The van der Waals surface area contributed by atoms with Crippen molar-refractivity contribution in [3.8, 4) is 11.5 Å². The summed E-state index contributed by atoms with van der Waals surface area (Å²) >= 11 is 6.99. The van der Waals surface area contributed by atoms with Crippen molar-refractivity contribution in [1.29, 1.82) is 0 Å². The van der Waals surface area contributed by atoms with Crippen LogP contribution in [0.2, 0.25) is 0 Å². The monoisotopic (exact) mass is 555 g/mol. The Balaban J connectivity index is 1.58. The van der Waals surface area contributed by atoms with Crippen LogP contribution in [0.15, 0.2) is 86.4 Å². The summed E-state index contributed by atoms with van der Waals surface area (Å²) in [5, 5.41) is 0. The zero-order valence-corrected chi connectivity index (χ0v) is 20.4. The van der Waals surface area contributed by atoms with Crippen LogP contribution in [0.25, 0.3) is 6.08 Å². The van der Waals surface area contributed by atoms with Gasteiger partial charge in [0.2, 0.25) is 5.90 Å². The lowest BCUT2D eigenvalue weighted by atomic mass is 10.1. The molecule has 0 bridgehead atoms. The molecule has 0 spiro atoms. The predicted molar refractivity (Wildman–Crippen MR) is 131 cm³/mol. The first-order valence-electron chi connectivity index (χ1n) is 9.95. The van der Waals surface area contributed by atoms with Gasteiger partial charge in [-0.2, -0.15) is 0 Å². The lowest BCUT2D eigenvalue weighted by Crippen LogP contribution is -2.05. The summed E-state index contributed by atoms with van der Waals surface area (Å²) in [7, 11) is 0. The highest BCUT2D eigenvalue weighted by Crippen LogP contribution is 2.32. The normalized spacial score (nSPS) is 14.3. The number of aliphatic imine (C=N–C) groups is 1. The Bertz CT molecular complexity index is 1220. The highest BCUT2D eigenvalue weighted by atomic mass is 79.9. The van der Waals surface area contributed by atoms with Gasteiger partial charge >= 0.3 is 5.97 Å². The van der Waals surface area contributed by atoms with E-state index in [1.807, 2.05) is 73.7 Å². The fourth-order valence-corrected chi connectivity index (χ4v) is 3.94. The van der Waals surface area contributed by atoms with Crippen LogP contribution in [0.4, 0.5) is 0 Å². The molecule has 3 aromatic rings. The summed E-state index contributed by atoms with van der Waals surface area (Å²) in [5.41, 5.74) is 2.73. The van der Waals surface area contributed by atoms with Gasteiger partial charge in [0.05, 0.1) is 12.2 Å². The molecule has 162 valence electrons. The van der Waals surface area contributed by atoms with Crippen LogP contribution in [-0.2, 0) is 16.1 Å². The fraction of sp³-hybridized carbons (Fsp3) is 0.120. The Morgan fingerprint density at radius 2 is 1.69 bits per heavy atom. The lowest BCUT2D eigenvalue weighted by Gasteiger charge is -2.13. The van der Waals surface area contributed by atoms with Crippen molar-refractivity contribution in [2.45, 2.75) is 13.5 Å². The number of nitrogens with zero attached hydrogens (tertiary/aromatic N) is 1. The molecule has 3 aromatic carbocycles. The molecule has 1 aliphatic rings. The van der Waals surface area contributed by atoms with Gasteiger partial charge in [-0.05, 0) is 64.8 Å². The van der Waals surface area contributed by atoms with Crippen LogP contribution in [0.1, 0.15) is 23.6 Å². The average molecular weight is 557 g/mol. The van der Waals surface area contributed by atoms with Gasteiger partial charge in [-0.25, -0.2) is 9.79 Å². The van der Waals surface area contributed by atoms with E-state index in [1.54, 1.807) is 6.08 Å². The van der Waals surface area contributed by atoms with Crippen molar-refractivity contribution in [1.82, 2.24) is 0 Å². The van der Waals surface area contributed by atoms with Crippen molar-refractivity contribution in [2.24, 2.45) is 4.99 Å². The standard InChI is InChI=1S/C25H19Br2NO4/c1-2-30-23-14-16(11-12-22(23)31-15-17-7-3-5-9-19(17)26)13-21-25(29)32-24(28-21)18-8-4-6-10-20(18)27/h3-14H,2,15H2,1H3. The third kappa shape index (κ3) is 5.11. The Morgan fingerprint density at radius 3 is 2.44 bits per heavy atom. The third-order valence-corrected chi connectivity index (χ3v) is 6.10. The first-order valence-corrected chi connectivity index (χ1v) is 11.5. The number of carbonyl (C=O) groups excluding carboxylic acids is 1. The molecule has 0 aromatic heterocycles. The maximum absolute atomic E-state index is 12.4. The first kappa shape index (κ1) is 22.3. The van der Waals surface area contributed by atoms with Crippen molar-refractivity contribution in [2.75, 3.05) is 6.61 Å². The van der Waals surface area contributed by atoms with Gasteiger partial charge in [-0.3, -0.25) is 0 Å². The second-order valence-corrected chi connectivity index (χ2v) is 8.54. The maximum atomic E-state index is 12.4. The van der Waals surface area contributed by atoms with E-state index in [-0.39, 0.29) is 11.6 Å². The van der Waals surface area contributed by atoms with Gasteiger partial charge in [0.25, 0.3) is 0 Å². The Hall–Kier alpha value is -2.90. The lowest BCUT2D eigenvalue weighted by molar-refractivity contribution is -0.129. The minimum Gasteiger partial charge on any atom is -0.490 e. The van der Waals surface area contributed by atoms with E-state index >= 15 is 0 Å². The van der Waals surface area contributed by atoms with Crippen LogP contribution in [0.5, 0.6) is 11.5 Å². The number of halogens is 2. The van der Waals surface area contributed by atoms with Gasteiger partial charge in [-0.15, -0.1) is 0 Å². The minimum atomic E-state index is -0.497. The molecule has 0 unspecified atom stereocenters. The van der Waals surface area contributed by atoms with Gasteiger partial charge in [0, 0.05) is 14.5 Å². The highest BCUT2D eigenvalue weighted by Gasteiger charge is 2.25. The highest BCUT2D eigenvalue weighted by molar-refractivity contribution is 9.10. The van der Waals surface area contributed by atoms with E-state index in [2.05, 4.69) is 36.9 Å². The molecule has 32 heavy (non-hydrogen) atoms. The van der Waals surface area contributed by atoms with Gasteiger partial charge in [0.15, 0.2) is 17.2 Å². The zero-order chi connectivity index (χ0) is 22.5. The molecule has 0 fully saturated rings. The van der Waals surface area contributed by atoms with Crippen LogP contribution in [0, 0.1) is 0 Å². The zero-order valence-electron chi connectivity index (χ0n) is 17.2. The summed E-state index contributed by atoms with van der Waals surface area (Å²) in [6.07, 6.45) is 1.67. The molecule has 1 heterocycles. The third-order valence-electron chi connectivity index (χ3n) is 4.64. The van der Waals surface area contributed by atoms with Crippen LogP contribution in [0.3, 0.4) is 0 Å². The smallest absolute Gasteiger partial charge is 0.363 e. The average Bonchev–Trinajstić information content (AvgIpc) is 3.14. The van der Waals surface area contributed by atoms with E-state index in [0.29, 0.717) is 24.7 Å². The second kappa shape index (κ2) is 10.1. The van der Waals surface area contributed by atoms with Crippen LogP contribution >= 0.6 is 31.9 Å². The van der Waals surface area contributed by atoms with Crippen molar-refractivity contribution in [3.63, 3.8) is 0 Å². The second-order valence-electron chi connectivity index (χ2n) is 6.84. The fourth-order valence-electron chi connectivity index (χ4n) is 3.09. The number of hydrogen-bond donors (Lipinski definition) is 0. The molecule has 0 aliphatic carbocycles. The Labute approximate surface area is 203 Å². The van der Waals surface area contributed by atoms with Crippen LogP contribution < -0.4 is 9.47 Å². The van der Waals surface area contributed by atoms with E-state index in [9.17, 15) is 4.79 Å². The number of esters is 1. The Kier molecular flexibility index (Phi) is 7.07. The molecule has 5 nitrogen and oxygen atoms in total. The van der Waals surface area contributed by atoms with Crippen molar-refractivity contribution < 1.29 is 19.0 Å². The van der Waals surface area contributed by atoms with E-state index in [0.717, 1.165) is 25.6 Å². The molecule has 0 radical (unpaired) electrons. The number of hydrogen-bond acceptors (Lipinski definition) is 5. The van der Waals surface area contributed by atoms with Gasteiger partial charge in [0.1, 0.15) is 6.61 Å². The topological polar surface area (TPSA) is 57.1 Å². The number of ether oxygens (including phenoxy) is 3. The summed E-state index contributed by atoms with van der Waals surface area (Å²) in [6, 6.07) is 20.8. The molecule has 0 N–H and O–H groups in total. The molecule has 7 heteroatoms. The summed E-state index contributed by atoms with van der Waals surface area (Å²) in [4.78, 5) is 16.7. The molecular formula is C25H19Br2NO4. The number of benzene rings is 3. The molecule has 1 aliphatic heterocycles. The van der Waals surface area contributed by atoms with Crippen molar-refractivity contribution >= 4 is 49.8 Å². The van der Waals surface area contributed by atoms with E-state index in [1.165, 1.54) is 0 Å². The quantitative estimate of drug-likeness (QED) is 0.245. The summed E-state index contributed by atoms with van der Waals surface area (Å²) in [6.45, 7) is 2.79. The molecule has 4 rings (SSSR count). The molecule has 0 saturated heterocycles.